The number of benzene rings is 2. The predicted octanol–water partition coefficient (Wildman–Crippen LogP) is 2.72. The molecule has 76 valence electrons. The first kappa shape index (κ1) is 9.40. The van der Waals surface area contributed by atoms with Gasteiger partial charge < -0.3 is 16.2 Å². The maximum atomic E-state index is 9.41. The van der Waals surface area contributed by atoms with Gasteiger partial charge in [-0.15, -0.1) is 0 Å². The molecule has 4 N–H and O–H groups in total. The molecule has 0 aliphatic rings. The molecule has 2 rings (SSSR count). The third-order valence-corrected chi connectivity index (χ3v) is 2.09. The highest BCUT2D eigenvalue weighted by molar-refractivity contribution is 5.66. The smallest absolute Gasteiger partial charge is 0.140 e. The molecule has 3 nitrogen and oxygen atoms in total. The van der Waals surface area contributed by atoms with Crippen LogP contribution in [-0.2, 0) is 0 Å². The van der Waals surface area contributed by atoms with Crippen molar-refractivity contribution >= 4 is 17.1 Å². The van der Waals surface area contributed by atoms with Gasteiger partial charge in [0.25, 0.3) is 0 Å². The zero-order valence-electron chi connectivity index (χ0n) is 8.14. The Morgan fingerprint density at radius 1 is 0.933 bits per heavy atom. The van der Waals surface area contributed by atoms with Gasteiger partial charge in [-0.25, -0.2) is 0 Å². The van der Waals surface area contributed by atoms with Gasteiger partial charge in [0.1, 0.15) is 5.75 Å². The van der Waals surface area contributed by atoms with Gasteiger partial charge in [0.15, 0.2) is 0 Å². The van der Waals surface area contributed by atoms with Crippen LogP contribution in [0.2, 0.25) is 0 Å². The molecule has 0 heterocycles. The summed E-state index contributed by atoms with van der Waals surface area (Å²) >= 11 is 0. The van der Waals surface area contributed by atoms with Crippen LogP contribution in [0.4, 0.5) is 17.1 Å². The molecule has 0 saturated carbocycles. The predicted molar refractivity (Wildman–Crippen MR) is 62.2 cm³/mol. The van der Waals surface area contributed by atoms with E-state index < -0.39 is 0 Å². The summed E-state index contributed by atoms with van der Waals surface area (Å²) in [6.45, 7) is 0. The number of anilines is 3. The van der Waals surface area contributed by atoms with E-state index in [1.165, 1.54) is 0 Å². The minimum Gasteiger partial charge on any atom is -0.506 e. The second kappa shape index (κ2) is 3.92. The minimum absolute atomic E-state index is 0.0935. The maximum absolute atomic E-state index is 9.41. The largest absolute Gasteiger partial charge is 0.506 e. The lowest BCUT2D eigenvalue weighted by Gasteiger charge is -2.07. The fraction of sp³-hybridized carbons (Fsp3) is 0. The van der Waals surface area contributed by atoms with E-state index in [2.05, 4.69) is 5.32 Å². The van der Waals surface area contributed by atoms with Crippen LogP contribution in [0.3, 0.4) is 0 Å². The molecule has 0 aliphatic carbocycles. The average Bonchev–Trinajstić information content (AvgIpc) is 2.25. The van der Waals surface area contributed by atoms with Crippen molar-refractivity contribution in [2.24, 2.45) is 0 Å². The van der Waals surface area contributed by atoms with Gasteiger partial charge in [0.05, 0.1) is 5.69 Å². The Balaban J connectivity index is 2.22. The van der Waals surface area contributed by atoms with Crippen molar-refractivity contribution < 1.29 is 5.11 Å². The minimum atomic E-state index is 0.0935. The number of para-hydroxylation sites is 1. The first-order valence-corrected chi connectivity index (χ1v) is 4.66. The summed E-state index contributed by atoms with van der Waals surface area (Å²) < 4.78 is 0. The fourth-order valence-corrected chi connectivity index (χ4v) is 1.31. The van der Waals surface area contributed by atoms with E-state index in [0.717, 1.165) is 11.4 Å². The lowest BCUT2D eigenvalue weighted by molar-refractivity contribution is 0.478. The molecule has 0 aliphatic heterocycles. The average molecular weight is 200 g/mol. The van der Waals surface area contributed by atoms with Crippen LogP contribution in [0.1, 0.15) is 0 Å². The Morgan fingerprint density at radius 2 is 1.67 bits per heavy atom. The molecule has 0 bridgehead atoms. The first-order valence-electron chi connectivity index (χ1n) is 4.66. The lowest BCUT2D eigenvalue weighted by atomic mass is 10.2. The zero-order chi connectivity index (χ0) is 10.7. The number of rotatable bonds is 2. The Morgan fingerprint density at radius 3 is 2.33 bits per heavy atom. The van der Waals surface area contributed by atoms with E-state index in [1.807, 2.05) is 36.4 Å². The Hall–Kier alpha value is -2.16. The molecule has 0 aromatic heterocycles. The van der Waals surface area contributed by atoms with Crippen LogP contribution in [0.15, 0.2) is 48.5 Å². The first-order chi connectivity index (χ1) is 7.25. The number of nitrogens with one attached hydrogen (secondary N) is 1. The highest BCUT2D eigenvalue weighted by Gasteiger charge is 1.98. The van der Waals surface area contributed by atoms with Gasteiger partial charge in [0.2, 0.25) is 0 Å². The second-order valence-corrected chi connectivity index (χ2v) is 3.26. The molecule has 15 heavy (non-hydrogen) atoms. The molecule has 0 atom stereocenters. The van der Waals surface area contributed by atoms with Crippen LogP contribution < -0.4 is 11.1 Å². The number of phenols is 1. The quantitative estimate of drug-likeness (QED) is 0.516. The van der Waals surface area contributed by atoms with Gasteiger partial charge in [0, 0.05) is 17.4 Å². The molecule has 0 unspecified atom stereocenters. The third kappa shape index (κ3) is 2.20. The molecule has 3 heteroatoms. The van der Waals surface area contributed by atoms with Crippen LogP contribution in [-0.4, -0.2) is 5.11 Å². The van der Waals surface area contributed by atoms with Crippen molar-refractivity contribution in [3.63, 3.8) is 0 Å². The fourth-order valence-electron chi connectivity index (χ4n) is 1.31. The molecule has 0 fully saturated rings. The number of nitrogens with two attached hydrogens (primary N) is 1. The van der Waals surface area contributed by atoms with Crippen LogP contribution in [0.5, 0.6) is 5.75 Å². The molecule has 0 spiro atoms. The summed E-state index contributed by atoms with van der Waals surface area (Å²) in [7, 11) is 0. The van der Waals surface area contributed by atoms with Gasteiger partial charge in [-0.05, 0) is 24.3 Å². The van der Waals surface area contributed by atoms with Gasteiger partial charge >= 0.3 is 0 Å². The van der Waals surface area contributed by atoms with Crippen molar-refractivity contribution in [1.29, 1.82) is 0 Å². The normalized spacial score (nSPS) is 9.87. The number of nitrogen functional groups attached to an aromatic ring is 1. The van der Waals surface area contributed by atoms with Crippen LogP contribution in [0.25, 0.3) is 0 Å². The Labute approximate surface area is 88.2 Å². The zero-order valence-corrected chi connectivity index (χ0v) is 8.14. The SMILES string of the molecule is Nc1ccc(Nc2ccccc2)cc1O. The second-order valence-electron chi connectivity index (χ2n) is 3.26. The van der Waals surface area contributed by atoms with Crippen LogP contribution >= 0.6 is 0 Å². The monoisotopic (exact) mass is 200 g/mol. The van der Waals surface area contributed by atoms with E-state index in [0.29, 0.717) is 5.69 Å². The summed E-state index contributed by atoms with van der Waals surface area (Å²) in [5.41, 5.74) is 7.67. The van der Waals surface area contributed by atoms with E-state index in [1.54, 1.807) is 12.1 Å². The third-order valence-electron chi connectivity index (χ3n) is 2.09. The summed E-state index contributed by atoms with van der Waals surface area (Å²) in [5.74, 6) is 0.0935. The molecule has 0 radical (unpaired) electrons. The highest BCUT2D eigenvalue weighted by Crippen LogP contribution is 2.25. The van der Waals surface area contributed by atoms with E-state index in [-0.39, 0.29) is 5.75 Å². The lowest BCUT2D eigenvalue weighted by Crippen LogP contribution is -1.91. The van der Waals surface area contributed by atoms with Crippen molar-refractivity contribution in [2.45, 2.75) is 0 Å². The molecule has 0 saturated heterocycles. The standard InChI is InChI=1S/C12H12N2O/c13-11-7-6-10(8-12(11)15)14-9-4-2-1-3-5-9/h1-8,14-15H,13H2. The van der Waals surface area contributed by atoms with Crippen LogP contribution in [0, 0.1) is 0 Å². The Bertz CT molecular complexity index is 454. The molecule has 2 aromatic carbocycles. The van der Waals surface area contributed by atoms with Gasteiger partial charge in [-0.3, -0.25) is 0 Å². The number of hydrogen-bond donors (Lipinski definition) is 3. The van der Waals surface area contributed by atoms with Crippen molar-refractivity contribution in [1.82, 2.24) is 0 Å². The maximum Gasteiger partial charge on any atom is 0.140 e. The molecule has 0 amide bonds. The number of phenolic OH excluding ortho intramolecular Hbond substituents is 1. The number of aromatic hydroxyl groups is 1. The van der Waals surface area contributed by atoms with Crippen molar-refractivity contribution in [3.8, 4) is 5.75 Å². The number of hydrogen-bond acceptors (Lipinski definition) is 3. The van der Waals surface area contributed by atoms with Gasteiger partial charge in [-0.1, -0.05) is 18.2 Å². The summed E-state index contributed by atoms with van der Waals surface area (Å²) in [6.07, 6.45) is 0. The molecular weight excluding hydrogens is 188 g/mol. The summed E-state index contributed by atoms with van der Waals surface area (Å²) in [6, 6.07) is 14.8. The van der Waals surface area contributed by atoms with Gasteiger partial charge in [-0.2, -0.15) is 0 Å². The topological polar surface area (TPSA) is 58.3 Å². The highest BCUT2D eigenvalue weighted by atomic mass is 16.3. The Kier molecular flexibility index (Phi) is 2.46. The summed E-state index contributed by atoms with van der Waals surface area (Å²) in [5, 5.41) is 12.6. The van der Waals surface area contributed by atoms with E-state index >= 15 is 0 Å². The summed E-state index contributed by atoms with van der Waals surface area (Å²) in [4.78, 5) is 0. The molecule has 2 aromatic rings. The van der Waals surface area contributed by atoms with E-state index in [4.69, 9.17) is 5.73 Å². The van der Waals surface area contributed by atoms with Crippen molar-refractivity contribution in [3.05, 3.63) is 48.5 Å². The molecular formula is C12H12N2O. The van der Waals surface area contributed by atoms with E-state index in [9.17, 15) is 5.11 Å². The van der Waals surface area contributed by atoms with Crippen molar-refractivity contribution in [2.75, 3.05) is 11.1 Å².